The van der Waals surface area contributed by atoms with Crippen molar-refractivity contribution in [3.63, 3.8) is 0 Å². The molecule has 2 aliphatic heterocycles. The van der Waals surface area contributed by atoms with Crippen molar-refractivity contribution in [2.45, 2.75) is 25.8 Å². The Morgan fingerprint density at radius 3 is 2.55 bits per heavy atom. The molecule has 0 radical (unpaired) electrons. The van der Waals surface area contributed by atoms with Gasteiger partial charge in [-0.3, -0.25) is 4.90 Å². The van der Waals surface area contributed by atoms with E-state index in [1.807, 2.05) is 0 Å². The smallest absolute Gasteiger partial charge is 0.0234 e. The molecule has 2 aromatic carbocycles. The summed E-state index contributed by atoms with van der Waals surface area (Å²) in [7, 11) is 0. The predicted octanol–water partition coefficient (Wildman–Crippen LogP) is 3.84. The molecule has 2 nitrogen and oxygen atoms in total. The highest BCUT2D eigenvalue weighted by molar-refractivity contribution is 5.85. The topological polar surface area (TPSA) is 15.3 Å². The highest BCUT2D eigenvalue weighted by Crippen LogP contribution is 2.39. The molecule has 0 unspecified atom stereocenters. The van der Waals surface area contributed by atoms with E-state index < -0.39 is 0 Å². The van der Waals surface area contributed by atoms with Gasteiger partial charge in [0.1, 0.15) is 0 Å². The van der Waals surface area contributed by atoms with Gasteiger partial charge in [-0.05, 0) is 66.7 Å². The number of likely N-dealkylation sites (tertiary alicyclic amines) is 1. The van der Waals surface area contributed by atoms with Gasteiger partial charge < -0.3 is 5.32 Å². The molecule has 2 fully saturated rings. The van der Waals surface area contributed by atoms with Crippen molar-refractivity contribution in [1.82, 2.24) is 10.2 Å². The van der Waals surface area contributed by atoms with E-state index >= 15 is 0 Å². The zero-order valence-electron chi connectivity index (χ0n) is 13.1. The average Bonchev–Trinajstić information content (AvgIpc) is 2.90. The van der Waals surface area contributed by atoms with E-state index in [1.54, 1.807) is 0 Å². The summed E-state index contributed by atoms with van der Waals surface area (Å²) in [5.41, 5.74) is 2.07. The quantitative estimate of drug-likeness (QED) is 0.905. The number of benzene rings is 2. The van der Waals surface area contributed by atoms with E-state index in [9.17, 15) is 0 Å². The molecule has 0 saturated carbocycles. The van der Waals surface area contributed by atoms with Crippen molar-refractivity contribution in [1.29, 1.82) is 0 Å². The van der Waals surface area contributed by atoms with Crippen molar-refractivity contribution < 1.29 is 0 Å². The lowest BCUT2D eigenvalue weighted by atomic mass is 9.78. The first-order chi connectivity index (χ1) is 10.3. The van der Waals surface area contributed by atoms with Crippen LogP contribution in [0.5, 0.6) is 0 Å². The maximum absolute atomic E-state index is 3.50. The highest BCUT2D eigenvalue weighted by Gasteiger charge is 2.38. The van der Waals surface area contributed by atoms with Crippen molar-refractivity contribution in [2.24, 2.45) is 5.41 Å². The van der Waals surface area contributed by atoms with Crippen LogP contribution in [0.25, 0.3) is 10.8 Å². The predicted molar refractivity (Wildman–Crippen MR) is 95.6 cm³/mol. The third-order valence-corrected chi connectivity index (χ3v) is 5.40. The lowest BCUT2D eigenvalue weighted by Crippen LogP contribution is -2.38. The van der Waals surface area contributed by atoms with Crippen LogP contribution in [0, 0.1) is 5.41 Å². The second-order valence-electron chi connectivity index (χ2n) is 6.89. The summed E-state index contributed by atoms with van der Waals surface area (Å²) in [5, 5.41) is 6.21. The largest absolute Gasteiger partial charge is 0.317 e. The molecule has 0 atom stereocenters. The van der Waals surface area contributed by atoms with Crippen LogP contribution in [0.3, 0.4) is 0 Å². The first-order valence-electron chi connectivity index (χ1n) is 8.24. The van der Waals surface area contributed by atoms with Crippen molar-refractivity contribution in [3.8, 4) is 0 Å². The molecule has 0 aliphatic carbocycles. The molecule has 22 heavy (non-hydrogen) atoms. The van der Waals surface area contributed by atoms with Gasteiger partial charge in [-0.25, -0.2) is 0 Å². The number of piperidine rings is 1. The molecule has 0 amide bonds. The Labute approximate surface area is 139 Å². The number of fused-ring (bicyclic) bond motifs is 1. The summed E-state index contributed by atoms with van der Waals surface area (Å²) in [6.07, 6.45) is 4.12. The molecule has 2 saturated heterocycles. The minimum atomic E-state index is 0. The fourth-order valence-electron chi connectivity index (χ4n) is 4.12. The molecule has 2 aliphatic rings. The van der Waals surface area contributed by atoms with E-state index in [-0.39, 0.29) is 12.4 Å². The second kappa shape index (κ2) is 6.57. The molecule has 4 rings (SSSR count). The lowest BCUT2D eigenvalue weighted by molar-refractivity contribution is 0.194. The number of hydrogen-bond acceptors (Lipinski definition) is 2. The Bertz CT molecular complexity index is 634. The van der Waals surface area contributed by atoms with Crippen LogP contribution in [-0.2, 0) is 6.54 Å². The monoisotopic (exact) mass is 316 g/mol. The van der Waals surface area contributed by atoms with Crippen LogP contribution in [0.4, 0.5) is 0 Å². The van der Waals surface area contributed by atoms with Gasteiger partial charge in [-0.2, -0.15) is 0 Å². The summed E-state index contributed by atoms with van der Waals surface area (Å²) in [6, 6.07) is 15.6. The molecule has 3 heteroatoms. The molecule has 118 valence electrons. The van der Waals surface area contributed by atoms with Crippen LogP contribution < -0.4 is 5.32 Å². The summed E-state index contributed by atoms with van der Waals surface area (Å²) in [6.45, 7) is 6.10. The van der Waals surface area contributed by atoms with Gasteiger partial charge in [-0.1, -0.05) is 36.4 Å². The van der Waals surface area contributed by atoms with Crippen LogP contribution in [0.2, 0.25) is 0 Å². The van der Waals surface area contributed by atoms with Gasteiger partial charge in [-0.15, -0.1) is 12.4 Å². The Hall–Kier alpha value is -1.09. The first-order valence-corrected chi connectivity index (χ1v) is 8.24. The normalized spacial score (nSPS) is 21.1. The number of nitrogens with one attached hydrogen (secondary N) is 1. The summed E-state index contributed by atoms with van der Waals surface area (Å²) >= 11 is 0. The van der Waals surface area contributed by atoms with E-state index in [4.69, 9.17) is 0 Å². The van der Waals surface area contributed by atoms with Crippen molar-refractivity contribution >= 4 is 23.2 Å². The Kier molecular flexibility index (Phi) is 4.72. The standard InChI is InChI=1S/C19H24N2.ClH/c1-2-4-18-13-16(5-6-17(18)3-1)14-21-12-9-19(15-21)7-10-20-11-8-19;/h1-6,13,20H,7-12,14-15H2;1H. The Morgan fingerprint density at radius 2 is 1.73 bits per heavy atom. The zero-order valence-corrected chi connectivity index (χ0v) is 13.9. The molecular weight excluding hydrogens is 292 g/mol. The summed E-state index contributed by atoms with van der Waals surface area (Å²) in [5.74, 6) is 0. The summed E-state index contributed by atoms with van der Waals surface area (Å²) in [4.78, 5) is 2.66. The van der Waals surface area contributed by atoms with Gasteiger partial charge in [0.2, 0.25) is 0 Å². The fraction of sp³-hybridized carbons (Fsp3) is 0.474. The van der Waals surface area contributed by atoms with Crippen LogP contribution in [0.15, 0.2) is 42.5 Å². The molecule has 1 N–H and O–H groups in total. The van der Waals surface area contributed by atoms with Gasteiger partial charge >= 0.3 is 0 Å². The first kappa shape index (κ1) is 15.8. The van der Waals surface area contributed by atoms with Crippen LogP contribution >= 0.6 is 12.4 Å². The molecule has 2 aromatic rings. The Balaban J connectivity index is 0.00000144. The van der Waals surface area contributed by atoms with Gasteiger partial charge in [0.25, 0.3) is 0 Å². The third-order valence-electron chi connectivity index (χ3n) is 5.40. The van der Waals surface area contributed by atoms with E-state index in [0.29, 0.717) is 5.41 Å². The van der Waals surface area contributed by atoms with E-state index in [0.717, 1.165) is 6.54 Å². The van der Waals surface area contributed by atoms with Crippen LogP contribution in [-0.4, -0.2) is 31.1 Å². The maximum Gasteiger partial charge on any atom is 0.0234 e. The number of nitrogens with zero attached hydrogens (tertiary/aromatic N) is 1. The second-order valence-corrected chi connectivity index (χ2v) is 6.89. The van der Waals surface area contributed by atoms with Gasteiger partial charge in [0, 0.05) is 13.1 Å². The summed E-state index contributed by atoms with van der Waals surface area (Å²) < 4.78 is 0. The molecule has 1 spiro atoms. The molecular formula is C19H25ClN2. The zero-order chi connectivity index (χ0) is 14.1. The minimum Gasteiger partial charge on any atom is -0.317 e. The molecule has 2 heterocycles. The lowest BCUT2D eigenvalue weighted by Gasteiger charge is -2.34. The van der Waals surface area contributed by atoms with Gasteiger partial charge in [0.15, 0.2) is 0 Å². The fourth-order valence-corrected chi connectivity index (χ4v) is 4.12. The number of hydrogen-bond donors (Lipinski definition) is 1. The minimum absolute atomic E-state index is 0. The van der Waals surface area contributed by atoms with Gasteiger partial charge in [0.05, 0.1) is 0 Å². The van der Waals surface area contributed by atoms with Crippen LogP contribution in [0.1, 0.15) is 24.8 Å². The maximum atomic E-state index is 3.50. The third kappa shape index (κ3) is 3.15. The Morgan fingerprint density at radius 1 is 0.955 bits per heavy atom. The average molecular weight is 317 g/mol. The van der Waals surface area contributed by atoms with Crippen molar-refractivity contribution in [2.75, 3.05) is 26.2 Å². The van der Waals surface area contributed by atoms with E-state index in [1.165, 1.54) is 61.8 Å². The van der Waals surface area contributed by atoms with Crippen molar-refractivity contribution in [3.05, 3.63) is 48.0 Å². The SMILES string of the molecule is Cl.c1ccc2cc(CN3CCC4(CCNCC4)C3)ccc2c1. The number of rotatable bonds is 2. The molecule has 0 aromatic heterocycles. The molecule has 0 bridgehead atoms. The number of halogens is 1. The van der Waals surface area contributed by atoms with E-state index in [2.05, 4.69) is 52.7 Å². The highest BCUT2D eigenvalue weighted by atomic mass is 35.5.